The fourth-order valence-corrected chi connectivity index (χ4v) is 4.40. The molecule has 0 bridgehead atoms. The number of morpholine rings is 1. The molecule has 0 aliphatic carbocycles. The van der Waals surface area contributed by atoms with Gasteiger partial charge in [-0.05, 0) is 51.2 Å². The van der Waals surface area contributed by atoms with Crippen molar-refractivity contribution in [3.05, 3.63) is 60.2 Å². The van der Waals surface area contributed by atoms with E-state index in [4.69, 9.17) is 4.74 Å². The van der Waals surface area contributed by atoms with Gasteiger partial charge in [0.15, 0.2) is 0 Å². The van der Waals surface area contributed by atoms with E-state index in [0.29, 0.717) is 6.42 Å². The maximum Gasteiger partial charge on any atom is 0.134 e. The molecule has 4 heteroatoms. The summed E-state index contributed by atoms with van der Waals surface area (Å²) in [4.78, 5) is 16.4. The number of allylic oxidation sites excluding steroid dienone is 1. The molecule has 1 spiro atoms. The van der Waals surface area contributed by atoms with E-state index in [-0.39, 0.29) is 11.4 Å². The minimum Gasteiger partial charge on any atom is -0.372 e. The summed E-state index contributed by atoms with van der Waals surface area (Å²) in [6.45, 7) is 20.3. The van der Waals surface area contributed by atoms with Gasteiger partial charge in [0.1, 0.15) is 5.78 Å². The quantitative estimate of drug-likeness (QED) is 0.625. The molecule has 0 unspecified atom stereocenters. The third kappa shape index (κ3) is 8.17. The van der Waals surface area contributed by atoms with Gasteiger partial charge in [-0.15, -0.1) is 6.58 Å². The molecule has 0 N–H and O–H groups in total. The molecule has 0 radical (unpaired) electrons. The molecule has 2 saturated heterocycles. The van der Waals surface area contributed by atoms with Crippen molar-refractivity contribution < 1.29 is 9.53 Å². The van der Waals surface area contributed by atoms with E-state index in [1.807, 2.05) is 13.0 Å². The van der Waals surface area contributed by atoms with Crippen molar-refractivity contribution in [3.63, 3.8) is 0 Å². The van der Waals surface area contributed by atoms with Crippen LogP contribution in [0.5, 0.6) is 0 Å². The van der Waals surface area contributed by atoms with Crippen LogP contribution in [0.25, 0.3) is 0 Å². The maximum absolute atomic E-state index is 11.3. The molecule has 0 saturated carbocycles. The van der Waals surface area contributed by atoms with Gasteiger partial charge in [-0.1, -0.05) is 42.5 Å². The first-order chi connectivity index (χ1) is 14.4. The minimum atomic E-state index is 0.0472. The summed E-state index contributed by atoms with van der Waals surface area (Å²) >= 11 is 0. The van der Waals surface area contributed by atoms with E-state index < -0.39 is 0 Å². The highest BCUT2D eigenvalue weighted by Crippen LogP contribution is 2.30. The Bertz CT molecular complexity index is 705. The number of carbonyl (C=O) groups excluding carboxylic acids is 1. The van der Waals surface area contributed by atoms with E-state index >= 15 is 0 Å². The number of benzene rings is 1. The SMILES string of the molecule is C=C(C)CN1CCOC2(CCN(CCc3cccc(CC(C)=O)c3)CC2)C1.C=CC. The van der Waals surface area contributed by atoms with E-state index in [1.54, 1.807) is 13.0 Å². The predicted octanol–water partition coefficient (Wildman–Crippen LogP) is 4.30. The zero-order valence-corrected chi connectivity index (χ0v) is 19.3. The zero-order chi connectivity index (χ0) is 22.0. The Balaban J connectivity index is 0.00000101. The first-order valence-corrected chi connectivity index (χ1v) is 11.2. The normalized spacial score (nSPS) is 19.0. The van der Waals surface area contributed by atoms with Gasteiger partial charge in [0.2, 0.25) is 0 Å². The number of ether oxygens (including phenoxy) is 1. The lowest BCUT2D eigenvalue weighted by Gasteiger charge is -2.47. The molecule has 0 amide bonds. The Morgan fingerprint density at radius 1 is 1.17 bits per heavy atom. The van der Waals surface area contributed by atoms with E-state index in [9.17, 15) is 4.79 Å². The topological polar surface area (TPSA) is 32.8 Å². The summed E-state index contributed by atoms with van der Waals surface area (Å²) < 4.78 is 6.25. The Labute approximate surface area is 183 Å². The summed E-state index contributed by atoms with van der Waals surface area (Å²) in [7, 11) is 0. The van der Waals surface area contributed by atoms with Crippen LogP contribution in [0.1, 0.15) is 44.7 Å². The molecule has 2 fully saturated rings. The molecule has 30 heavy (non-hydrogen) atoms. The van der Waals surface area contributed by atoms with Crippen molar-refractivity contribution in [1.29, 1.82) is 0 Å². The molecular formula is C26H40N2O2. The van der Waals surface area contributed by atoms with Crippen LogP contribution in [0.15, 0.2) is 49.1 Å². The second-order valence-corrected chi connectivity index (χ2v) is 8.90. The Morgan fingerprint density at radius 2 is 1.83 bits per heavy atom. The smallest absolute Gasteiger partial charge is 0.134 e. The summed E-state index contributed by atoms with van der Waals surface area (Å²) in [5.74, 6) is 0.224. The fourth-order valence-electron chi connectivity index (χ4n) is 4.40. The summed E-state index contributed by atoms with van der Waals surface area (Å²) in [6.07, 6.45) is 5.56. The maximum atomic E-state index is 11.3. The van der Waals surface area contributed by atoms with Crippen LogP contribution in [0.2, 0.25) is 0 Å². The van der Waals surface area contributed by atoms with Crippen molar-refractivity contribution in [3.8, 4) is 0 Å². The molecule has 2 heterocycles. The van der Waals surface area contributed by atoms with Gasteiger partial charge in [-0.2, -0.15) is 0 Å². The Kier molecular flexibility index (Phi) is 9.96. The van der Waals surface area contributed by atoms with Gasteiger partial charge in [-0.3, -0.25) is 9.69 Å². The minimum absolute atomic E-state index is 0.0472. The number of nitrogens with zero attached hydrogens (tertiary/aromatic N) is 2. The number of rotatable bonds is 7. The third-order valence-corrected chi connectivity index (χ3v) is 5.75. The second-order valence-electron chi connectivity index (χ2n) is 8.90. The molecular weight excluding hydrogens is 372 g/mol. The predicted molar refractivity (Wildman–Crippen MR) is 126 cm³/mol. The molecule has 166 valence electrons. The highest BCUT2D eigenvalue weighted by Gasteiger charge is 2.39. The van der Waals surface area contributed by atoms with Crippen LogP contribution < -0.4 is 0 Å². The van der Waals surface area contributed by atoms with Gasteiger partial charge in [0.05, 0.1) is 12.2 Å². The van der Waals surface area contributed by atoms with Crippen molar-refractivity contribution >= 4 is 5.78 Å². The molecule has 1 aromatic carbocycles. The zero-order valence-electron chi connectivity index (χ0n) is 19.3. The van der Waals surface area contributed by atoms with Crippen LogP contribution in [0.4, 0.5) is 0 Å². The molecule has 1 aromatic rings. The average Bonchev–Trinajstić information content (AvgIpc) is 2.68. The number of piperidine rings is 1. The van der Waals surface area contributed by atoms with Gasteiger partial charge >= 0.3 is 0 Å². The molecule has 3 rings (SSSR count). The lowest BCUT2D eigenvalue weighted by Crippen LogP contribution is -2.57. The largest absolute Gasteiger partial charge is 0.372 e. The van der Waals surface area contributed by atoms with Gasteiger partial charge in [-0.25, -0.2) is 0 Å². The first-order valence-electron chi connectivity index (χ1n) is 11.2. The fraction of sp³-hybridized carbons (Fsp3) is 0.577. The molecule has 0 atom stereocenters. The van der Waals surface area contributed by atoms with E-state index in [1.165, 1.54) is 11.1 Å². The highest BCUT2D eigenvalue weighted by atomic mass is 16.5. The number of carbonyl (C=O) groups is 1. The number of Topliss-reactive ketones (excluding diaryl/α,β-unsaturated/α-hetero) is 1. The molecule has 2 aliphatic rings. The molecule has 4 nitrogen and oxygen atoms in total. The third-order valence-electron chi connectivity index (χ3n) is 5.75. The average molecular weight is 413 g/mol. The second kappa shape index (κ2) is 12.2. The van der Waals surface area contributed by atoms with E-state index in [0.717, 1.165) is 70.7 Å². The van der Waals surface area contributed by atoms with Gasteiger partial charge in [0, 0.05) is 45.7 Å². The van der Waals surface area contributed by atoms with Crippen LogP contribution >= 0.6 is 0 Å². The monoisotopic (exact) mass is 412 g/mol. The lowest BCUT2D eigenvalue weighted by atomic mass is 9.89. The molecule has 2 aliphatic heterocycles. The summed E-state index contributed by atoms with van der Waals surface area (Å²) in [5.41, 5.74) is 3.74. The number of hydrogen-bond donors (Lipinski definition) is 0. The van der Waals surface area contributed by atoms with Crippen LogP contribution in [-0.2, 0) is 22.4 Å². The van der Waals surface area contributed by atoms with Crippen LogP contribution in [0, 0.1) is 0 Å². The lowest BCUT2D eigenvalue weighted by molar-refractivity contribution is -0.133. The van der Waals surface area contributed by atoms with Crippen molar-refractivity contribution in [2.45, 2.75) is 52.1 Å². The Hall–Kier alpha value is -1.75. The van der Waals surface area contributed by atoms with Crippen molar-refractivity contribution in [2.24, 2.45) is 0 Å². The van der Waals surface area contributed by atoms with Crippen LogP contribution in [0.3, 0.4) is 0 Å². The number of ketones is 1. The van der Waals surface area contributed by atoms with Crippen molar-refractivity contribution in [1.82, 2.24) is 9.80 Å². The van der Waals surface area contributed by atoms with Gasteiger partial charge in [0.25, 0.3) is 0 Å². The summed E-state index contributed by atoms with van der Waals surface area (Å²) in [6, 6.07) is 8.49. The molecule has 0 aromatic heterocycles. The standard InChI is InChI=1S/C23H34N2O2.C3H6/c1-19(2)17-25-13-14-27-23(18-25)8-11-24(12-9-23)10-7-21-5-4-6-22(16-21)15-20(3)26;1-3-2/h4-6,16H,1,7-15,17-18H2,2-3H3;3H,1H2,2H3. The summed E-state index contributed by atoms with van der Waals surface area (Å²) in [5, 5.41) is 0. The van der Waals surface area contributed by atoms with Gasteiger partial charge < -0.3 is 9.64 Å². The van der Waals surface area contributed by atoms with Crippen LogP contribution in [-0.4, -0.2) is 67.1 Å². The number of hydrogen-bond acceptors (Lipinski definition) is 4. The first kappa shape index (κ1) is 24.5. The van der Waals surface area contributed by atoms with Crippen molar-refractivity contribution in [2.75, 3.05) is 45.9 Å². The Morgan fingerprint density at radius 3 is 2.47 bits per heavy atom. The van der Waals surface area contributed by atoms with E-state index in [2.05, 4.69) is 48.1 Å². The highest BCUT2D eigenvalue weighted by molar-refractivity contribution is 5.78. The number of likely N-dealkylation sites (tertiary alicyclic amines) is 1.